The maximum Gasteiger partial charge on any atom is 0.244 e. The number of nitrogens with zero attached hydrogens (tertiary/aromatic N) is 6. The fourth-order valence-electron chi connectivity index (χ4n) is 4.15. The van der Waals surface area contributed by atoms with E-state index in [-0.39, 0.29) is 17.0 Å². The molecule has 0 atom stereocenters. The molecule has 0 unspecified atom stereocenters. The Morgan fingerprint density at radius 1 is 1.14 bits per heavy atom. The number of aromatic nitrogens is 4. The predicted octanol–water partition coefficient (Wildman–Crippen LogP) is 2.42. The summed E-state index contributed by atoms with van der Waals surface area (Å²) in [6.07, 6.45) is 4.06. The van der Waals surface area contributed by atoms with Gasteiger partial charge >= 0.3 is 0 Å². The molecule has 5 heterocycles. The normalized spacial score (nSPS) is 16.2. The Hall–Kier alpha value is -3.82. The van der Waals surface area contributed by atoms with Crippen LogP contribution in [0.4, 0.5) is 11.6 Å². The van der Waals surface area contributed by atoms with Crippen LogP contribution in [0.5, 0.6) is 11.6 Å². The monoisotopic (exact) mass is 493 g/mol. The SMILES string of the molecule is Cc1nc(N2CC3(COC3)C2)nc(C)c1Oc1nc(-c2cncc(C#N)c2)ccc1NS(C)(=O)=O. The van der Waals surface area contributed by atoms with E-state index in [0.29, 0.717) is 39.9 Å². The highest BCUT2D eigenvalue weighted by Crippen LogP contribution is 2.40. The van der Waals surface area contributed by atoms with Crippen LogP contribution in [0.1, 0.15) is 17.0 Å². The standard InChI is InChI=1S/C23H23N7O4S/c1-14-20(15(2)27-22(26-14)30-10-23(11-30)12-33-13-23)34-21-19(29-35(3,31)32)5-4-18(28-21)17-6-16(7-24)8-25-9-17/h4-6,8-9,29H,10-13H2,1-3H3. The molecule has 180 valence electrons. The highest BCUT2D eigenvalue weighted by atomic mass is 32.2. The van der Waals surface area contributed by atoms with Crippen LogP contribution in [0.3, 0.4) is 0 Å². The fraction of sp³-hybridized carbons (Fsp3) is 0.348. The molecule has 2 aliphatic rings. The molecular formula is C23H23N7O4S. The first kappa shape index (κ1) is 22.9. The summed E-state index contributed by atoms with van der Waals surface area (Å²) in [6.45, 7) is 6.87. The largest absolute Gasteiger partial charge is 0.433 e. The van der Waals surface area contributed by atoms with E-state index in [2.05, 4.69) is 29.6 Å². The molecule has 1 spiro atoms. The molecule has 0 aromatic carbocycles. The summed E-state index contributed by atoms with van der Waals surface area (Å²) in [5.41, 5.74) is 3.03. The minimum Gasteiger partial charge on any atom is -0.433 e. The van der Waals surface area contributed by atoms with E-state index in [1.165, 1.54) is 6.20 Å². The van der Waals surface area contributed by atoms with Crippen molar-refractivity contribution in [2.75, 3.05) is 42.2 Å². The Bertz CT molecular complexity index is 1430. The van der Waals surface area contributed by atoms with Gasteiger partial charge < -0.3 is 14.4 Å². The van der Waals surface area contributed by atoms with E-state index >= 15 is 0 Å². The number of rotatable bonds is 6. The smallest absolute Gasteiger partial charge is 0.244 e. The van der Waals surface area contributed by atoms with Crippen molar-refractivity contribution in [2.24, 2.45) is 5.41 Å². The van der Waals surface area contributed by atoms with Crippen molar-refractivity contribution in [3.63, 3.8) is 0 Å². The number of sulfonamides is 1. The van der Waals surface area contributed by atoms with E-state index in [0.717, 1.165) is 32.6 Å². The number of anilines is 2. The van der Waals surface area contributed by atoms with Gasteiger partial charge in [0, 0.05) is 31.0 Å². The van der Waals surface area contributed by atoms with E-state index in [4.69, 9.17) is 9.47 Å². The van der Waals surface area contributed by atoms with Crippen molar-refractivity contribution in [3.05, 3.63) is 47.5 Å². The van der Waals surface area contributed by atoms with Crippen molar-refractivity contribution in [1.29, 1.82) is 5.26 Å². The zero-order chi connectivity index (χ0) is 24.8. The lowest BCUT2D eigenvalue weighted by Gasteiger charge is -2.54. The van der Waals surface area contributed by atoms with Crippen molar-refractivity contribution >= 4 is 21.7 Å². The minimum atomic E-state index is -3.60. The summed E-state index contributed by atoms with van der Waals surface area (Å²) in [4.78, 5) is 19.9. The number of pyridine rings is 2. The molecule has 2 aliphatic heterocycles. The Morgan fingerprint density at radius 2 is 1.86 bits per heavy atom. The fourth-order valence-corrected chi connectivity index (χ4v) is 4.70. The van der Waals surface area contributed by atoms with Gasteiger partial charge in [-0.05, 0) is 32.0 Å². The number of nitrogens with one attached hydrogen (secondary N) is 1. The molecule has 5 rings (SSSR count). The van der Waals surface area contributed by atoms with Gasteiger partial charge in [0.2, 0.25) is 21.9 Å². The number of nitriles is 1. The van der Waals surface area contributed by atoms with Gasteiger partial charge in [0.25, 0.3) is 0 Å². The third-order valence-electron chi connectivity index (χ3n) is 5.86. The average molecular weight is 494 g/mol. The van der Waals surface area contributed by atoms with Crippen LogP contribution in [0.2, 0.25) is 0 Å². The Balaban J connectivity index is 1.48. The topological polar surface area (TPSA) is 143 Å². The van der Waals surface area contributed by atoms with Crippen LogP contribution in [0.25, 0.3) is 11.3 Å². The Kier molecular flexibility index (Phi) is 5.53. The molecule has 35 heavy (non-hydrogen) atoms. The summed E-state index contributed by atoms with van der Waals surface area (Å²) >= 11 is 0. The van der Waals surface area contributed by atoms with Crippen LogP contribution in [-0.4, -0.2) is 60.9 Å². The van der Waals surface area contributed by atoms with E-state index < -0.39 is 10.0 Å². The van der Waals surface area contributed by atoms with E-state index in [1.807, 2.05) is 19.9 Å². The lowest BCUT2D eigenvalue weighted by molar-refractivity contribution is -0.127. The number of ether oxygens (including phenoxy) is 2. The van der Waals surface area contributed by atoms with Crippen molar-refractivity contribution in [2.45, 2.75) is 13.8 Å². The summed E-state index contributed by atoms with van der Waals surface area (Å²) in [6, 6.07) is 6.87. The van der Waals surface area contributed by atoms with Crippen molar-refractivity contribution < 1.29 is 17.9 Å². The van der Waals surface area contributed by atoms with Crippen LogP contribution in [0, 0.1) is 30.6 Å². The summed E-state index contributed by atoms with van der Waals surface area (Å²) in [5, 5.41) is 9.19. The third-order valence-corrected chi connectivity index (χ3v) is 6.45. The van der Waals surface area contributed by atoms with Gasteiger partial charge in [0.15, 0.2) is 5.75 Å². The predicted molar refractivity (Wildman–Crippen MR) is 128 cm³/mol. The zero-order valence-electron chi connectivity index (χ0n) is 19.4. The first-order valence-electron chi connectivity index (χ1n) is 10.8. The van der Waals surface area contributed by atoms with Crippen molar-refractivity contribution in [1.82, 2.24) is 19.9 Å². The van der Waals surface area contributed by atoms with Gasteiger partial charge in [-0.25, -0.2) is 23.4 Å². The molecule has 0 aliphatic carbocycles. The molecule has 3 aromatic rings. The summed E-state index contributed by atoms with van der Waals surface area (Å²) < 4.78 is 37.8. The highest BCUT2D eigenvalue weighted by molar-refractivity contribution is 7.92. The maximum absolute atomic E-state index is 11.9. The molecule has 3 aromatic heterocycles. The van der Waals surface area contributed by atoms with Gasteiger partial charge in [-0.1, -0.05) is 0 Å². The molecule has 11 nitrogen and oxygen atoms in total. The van der Waals surface area contributed by atoms with Crippen LogP contribution >= 0.6 is 0 Å². The molecular weight excluding hydrogens is 470 g/mol. The molecule has 0 amide bonds. The van der Waals surface area contributed by atoms with E-state index in [1.54, 1.807) is 24.4 Å². The van der Waals surface area contributed by atoms with Gasteiger partial charge in [-0.2, -0.15) is 5.26 Å². The molecule has 1 N–H and O–H groups in total. The number of hydrogen-bond donors (Lipinski definition) is 1. The second-order valence-corrected chi connectivity index (χ2v) is 10.7. The zero-order valence-corrected chi connectivity index (χ0v) is 20.3. The van der Waals surface area contributed by atoms with Gasteiger partial charge in [0.1, 0.15) is 11.8 Å². The van der Waals surface area contributed by atoms with Crippen LogP contribution in [-0.2, 0) is 14.8 Å². The summed E-state index contributed by atoms with van der Waals surface area (Å²) in [7, 11) is -3.60. The lowest BCUT2D eigenvalue weighted by atomic mass is 9.78. The Labute approximate surface area is 202 Å². The third kappa shape index (κ3) is 4.60. The van der Waals surface area contributed by atoms with Gasteiger partial charge in [0.05, 0.1) is 47.5 Å². The number of hydrogen-bond acceptors (Lipinski definition) is 10. The van der Waals surface area contributed by atoms with Gasteiger partial charge in [-0.3, -0.25) is 9.71 Å². The quantitative estimate of drug-likeness (QED) is 0.544. The second-order valence-electron chi connectivity index (χ2n) is 8.97. The first-order chi connectivity index (χ1) is 16.6. The molecule has 2 saturated heterocycles. The molecule has 0 bridgehead atoms. The lowest BCUT2D eigenvalue weighted by Crippen LogP contribution is -2.66. The van der Waals surface area contributed by atoms with E-state index in [9.17, 15) is 13.7 Å². The van der Waals surface area contributed by atoms with Crippen molar-refractivity contribution in [3.8, 4) is 29.0 Å². The highest BCUT2D eigenvalue weighted by Gasteiger charge is 2.50. The molecule has 0 radical (unpaired) electrons. The maximum atomic E-state index is 11.9. The summed E-state index contributed by atoms with van der Waals surface area (Å²) in [5.74, 6) is 1.05. The second kappa shape index (κ2) is 8.44. The van der Waals surface area contributed by atoms with Crippen LogP contribution < -0.4 is 14.4 Å². The average Bonchev–Trinajstić information content (AvgIpc) is 2.74. The minimum absolute atomic E-state index is 0.0346. The molecule has 2 fully saturated rings. The molecule has 0 saturated carbocycles. The molecule has 12 heteroatoms. The van der Waals surface area contributed by atoms with Gasteiger partial charge in [-0.15, -0.1) is 0 Å². The first-order valence-corrected chi connectivity index (χ1v) is 12.7. The number of aryl methyl sites for hydroxylation is 2. The Morgan fingerprint density at radius 3 is 2.46 bits per heavy atom. The van der Waals surface area contributed by atoms with Crippen LogP contribution in [0.15, 0.2) is 30.6 Å².